The molecule has 0 spiro atoms. The Bertz CT molecular complexity index is 788. The molecule has 0 bridgehead atoms. The normalized spacial score (nSPS) is 24.1. The monoisotopic (exact) mass is 365 g/mol. The maximum Gasteiger partial charge on any atom is 0.407 e. The third-order valence-electron chi connectivity index (χ3n) is 6.26. The van der Waals surface area contributed by atoms with E-state index < -0.39 is 6.09 Å². The summed E-state index contributed by atoms with van der Waals surface area (Å²) in [5.41, 5.74) is 4.60. The zero-order chi connectivity index (χ0) is 18.9. The minimum absolute atomic E-state index is 0.0685. The smallest absolute Gasteiger partial charge is 0.407 e. The van der Waals surface area contributed by atoms with Crippen LogP contribution < -0.4 is 5.32 Å². The number of alkyl carbamates (subject to hydrolysis) is 1. The van der Waals surface area contributed by atoms with Gasteiger partial charge in [-0.1, -0.05) is 68.3 Å². The zero-order valence-corrected chi connectivity index (χ0v) is 15.8. The van der Waals surface area contributed by atoms with Gasteiger partial charge in [-0.05, 0) is 35.1 Å². The number of hydrogen-bond donors (Lipinski definition) is 2. The van der Waals surface area contributed by atoms with Gasteiger partial charge >= 0.3 is 6.09 Å². The third-order valence-corrected chi connectivity index (χ3v) is 6.26. The van der Waals surface area contributed by atoms with Gasteiger partial charge in [-0.25, -0.2) is 4.79 Å². The first-order valence-electron chi connectivity index (χ1n) is 9.85. The molecule has 0 aliphatic heterocycles. The molecule has 2 aromatic rings. The SMILES string of the molecule is CC1(CNC(=O)OCC2c3ccccc3-c3ccccc32)CCCCC1O. The Kier molecular flexibility index (Phi) is 4.92. The number of hydrogen-bond acceptors (Lipinski definition) is 3. The van der Waals surface area contributed by atoms with Gasteiger partial charge in [-0.15, -0.1) is 0 Å². The molecule has 0 aromatic heterocycles. The minimum Gasteiger partial charge on any atom is -0.449 e. The van der Waals surface area contributed by atoms with Crippen LogP contribution in [0.15, 0.2) is 48.5 Å². The lowest BCUT2D eigenvalue weighted by atomic mass is 9.73. The van der Waals surface area contributed by atoms with Crippen molar-refractivity contribution in [1.29, 1.82) is 0 Å². The van der Waals surface area contributed by atoms with E-state index in [1.54, 1.807) is 0 Å². The predicted octanol–water partition coefficient (Wildman–Crippen LogP) is 4.47. The first kappa shape index (κ1) is 18.1. The molecular weight excluding hydrogens is 338 g/mol. The van der Waals surface area contributed by atoms with Crippen molar-refractivity contribution in [3.05, 3.63) is 59.7 Å². The number of nitrogens with one attached hydrogen (secondary N) is 1. The number of carbonyl (C=O) groups excluding carboxylic acids is 1. The number of rotatable bonds is 4. The average molecular weight is 365 g/mol. The second-order valence-corrected chi connectivity index (χ2v) is 8.09. The molecule has 4 rings (SSSR count). The van der Waals surface area contributed by atoms with E-state index in [2.05, 4.69) is 29.6 Å². The fourth-order valence-electron chi connectivity index (χ4n) is 4.51. The minimum atomic E-state index is -0.407. The highest BCUT2D eigenvalue weighted by atomic mass is 16.5. The number of benzene rings is 2. The van der Waals surface area contributed by atoms with Crippen LogP contribution in [0.2, 0.25) is 0 Å². The summed E-state index contributed by atoms with van der Waals surface area (Å²) in [5, 5.41) is 13.1. The molecule has 4 heteroatoms. The van der Waals surface area contributed by atoms with E-state index in [1.807, 2.05) is 31.2 Å². The molecule has 2 aliphatic rings. The maximum atomic E-state index is 12.3. The fraction of sp³-hybridized carbons (Fsp3) is 0.435. The topological polar surface area (TPSA) is 58.6 Å². The highest BCUT2D eigenvalue weighted by molar-refractivity contribution is 5.79. The molecule has 2 unspecified atom stereocenters. The van der Waals surface area contributed by atoms with Gasteiger partial charge in [-0.2, -0.15) is 0 Å². The Morgan fingerprint density at radius 3 is 2.37 bits per heavy atom. The van der Waals surface area contributed by atoms with Crippen LogP contribution in [-0.2, 0) is 4.74 Å². The molecule has 27 heavy (non-hydrogen) atoms. The van der Waals surface area contributed by atoms with Gasteiger partial charge in [0.2, 0.25) is 0 Å². The van der Waals surface area contributed by atoms with Gasteiger partial charge in [0.1, 0.15) is 6.61 Å². The van der Waals surface area contributed by atoms with Crippen LogP contribution in [-0.4, -0.2) is 30.5 Å². The van der Waals surface area contributed by atoms with Crippen molar-refractivity contribution in [2.45, 2.75) is 44.6 Å². The summed E-state index contributed by atoms with van der Waals surface area (Å²) >= 11 is 0. The second kappa shape index (κ2) is 7.35. The van der Waals surface area contributed by atoms with E-state index in [-0.39, 0.29) is 17.4 Å². The van der Waals surface area contributed by atoms with Gasteiger partial charge in [-0.3, -0.25) is 0 Å². The quantitative estimate of drug-likeness (QED) is 0.841. The zero-order valence-electron chi connectivity index (χ0n) is 15.8. The van der Waals surface area contributed by atoms with Crippen LogP contribution in [0, 0.1) is 5.41 Å². The maximum absolute atomic E-state index is 12.3. The molecule has 2 atom stereocenters. The summed E-state index contributed by atoms with van der Waals surface area (Å²) in [5.74, 6) is 0.0685. The van der Waals surface area contributed by atoms with Crippen molar-refractivity contribution in [3.8, 4) is 11.1 Å². The Balaban J connectivity index is 1.39. The number of fused-ring (bicyclic) bond motifs is 3. The van der Waals surface area contributed by atoms with E-state index in [1.165, 1.54) is 22.3 Å². The molecule has 2 aliphatic carbocycles. The lowest BCUT2D eigenvalue weighted by Gasteiger charge is -2.38. The standard InChI is InChI=1S/C23H27NO3/c1-23(13-7-6-12-21(23)25)15-24-22(26)27-14-20-18-10-4-2-8-16(18)17-9-3-5-11-19(17)20/h2-5,8-11,20-21,25H,6-7,12-15H2,1H3,(H,24,26). The van der Waals surface area contributed by atoms with E-state index in [0.29, 0.717) is 13.2 Å². The summed E-state index contributed by atoms with van der Waals surface area (Å²) in [7, 11) is 0. The molecule has 2 aromatic carbocycles. The first-order chi connectivity index (χ1) is 13.1. The Morgan fingerprint density at radius 2 is 1.74 bits per heavy atom. The van der Waals surface area contributed by atoms with Crippen LogP contribution in [0.1, 0.15) is 49.7 Å². The Labute approximate surface area is 160 Å². The van der Waals surface area contributed by atoms with Gasteiger partial charge < -0.3 is 15.2 Å². The predicted molar refractivity (Wildman–Crippen MR) is 106 cm³/mol. The molecule has 0 heterocycles. The first-order valence-corrected chi connectivity index (χ1v) is 9.85. The van der Waals surface area contributed by atoms with Crippen molar-refractivity contribution in [3.63, 3.8) is 0 Å². The van der Waals surface area contributed by atoms with Crippen LogP contribution in [0.5, 0.6) is 0 Å². The van der Waals surface area contributed by atoms with Crippen molar-refractivity contribution >= 4 is 6.09 Å². The average Bonchev–Trinajstić information content (AvgIpc) is 3.01. The van der Waals surface area contributed by atoms with E-state index in [9.17, 15) is 9.90 Å². The molecular formula is C23H27NO3. The summed E-state index contributed by atoms with van der Waals surface area (Å²) in [4.78, 5) is 12.3. The molecule has 142 valence electrons. The lowest BCUT2D eigenvalue weighted by Crippen LogP contribution is -2.45. The number of carbonyl (C=O) groups is 1. The van der Waals surface area contributed by atoms with Gasteiger partial charge in [0.25, 0.3) is 0 Å². The van der Waals surface area contributed by atoms with Crippen LogP contribution in [0.4, 0.5) is 4.79 Å². The van der Waals surface area contributed by atoms with Gasteiger partial charge in [0.05, 0.1) is 6.10 Å². The summed E-state index contributed by atoms with van der Waals surface area (Å²) in [6.07, 6.45) is 3.12. The number of amides is 1. The molecule has 2 N–H and O–H groups in total. The second-order valence-electron chi connectivity index (χ2n) is 8.09. The number of ether oxygens (including phenoxy) is 1. The van der Waals surface area contributed by atoms with Crippen molar-refractivity contribution < 1.29 is 14.6 Å². The van der Waals surface area contributed by atoms with E-state index >= 15 is 0 Å². The Morgan fingerprint density at radius 1 is 1.11 bits per heavy atom. The summed E-state index contributed by atoms with van der Waals surface area (Å²) < 4.78 is 5.58. The third kappa shape index (κ3) is 3.46. The molecule has 1 saturated carbocycles. The number of aliphatic hydroxyl groups excluding tert-OH is 1. The Hall–Kier alpha value is -2.33. The van der Waals surface area contributed by atoms with Crippen molar-refractivity contribution in [2.24, 2.45) is 5.41 Å². The molecule has 1 amide bonds. The van der Waals surface area contributed by atoms with E-state index in [4.69, 9.17) is 4.74 Å². The number of aliphatic hydroxyl groups is 1. The van der Waals surface area contributed by atoms with Gasteiger partial charge in [0, 0.05) is 17.9 Å². The summed E-state index contributed by atoms with van der Waals surface area (Å²) in [6.45, 7) is 2.81. The van der Waals surface area contributed by atoms with Crippen LogP contribution in [0.25, 0.3) is 11.1 Å². The van der Waals surface area contributed by atoms with Crippen LogP contribution >= 0.6 is 0 Å². The molecule has 4 nitrogen and oxygen atoms in total. The fourth-order valence-corrected chi connectivity index (χ4v) is 4.51. The van der Waals surface area contributed by atoms with Gasteiger partial charge in [0.15, 0.2) is 0 Å². The largest absolute Gasteiger partial charge is 0.449 e. The highest BCUT2D eigenvalue weighted by Crippen LogP contribution is 2.44. The van der Waals surface area contributed by atoms with Crippen molar-refractivity contribution in [1.82, 2.24) is 5.32 Å². The highest BCUT2D eigenvalue weighted by Gasteiger charge is 2.36. The molecule has 1 fully saturated rings. The van der Waals surface area contributed by atoms with Crippen LogP contribution in [0.3, 0.4) is 0 Å². The summed E-state index contributed by atoms with van der Waals surface area (Å²) in [6, 6.07) is 16.6. The van der Waals surface area contributed by atoms with E-state index in [0.717, 1.165) is 25.7 Å². The molecule has 0 saturated heterocycles. The molecule has 0 radical (unpaired) electrons. The van der Waals surface area contributed by atoms with Crippen molar-refractivity contribution in [2.75, 3.05) is 13.2 Å². The lowest BCUT2D eigenvalue weighted by molar-refractivity contribution is 0.00121.